The second-order valence-corrected chi connectivity index (χ2v) is 4.84. The number of rotatable bonds is 5. The Kier molecular flexibility index (Phi) is 4.30. The monoisotopic (exact) mass is 262 g/mol. The maximum Gasteiger partial charge on any atom is 0.311 e. The molecule has 0 aromatic carbocycles. The topological polar surface area (TPSA) is 65.2 Å². The molecule has 0 radical (unpaired) electrons. The second kappa shape index (κ2) is 6.16. The molecule has 0 aliphatic carbocycles. The lowest BCUT2D eigenvalue weighted by molar-refractivity contribution is -0.142. The van der Waals surface area contributed by atoms with Crippen molar-refractivity contribution in [3.8, 4) is 0 Å². The predicted molar refractivity (Wildman–Crippen MR) is 71.3 cm³/mol. The van der Waals surface area contributed by atoms with Crippen LogP contribution in [0.4, 0.5) is 5.69 Å². The van der Waals surface area contributed by atoms with Crippen molar-refractivity contribution in [2.45, 2.75) is 12.8 Å². The van der Waals surface area contributed by atoms with Gasteiger partial charge in [0.25, 0.3) is 0 Å². The van der Waals surface area contributed by atoms with Crippen LogP contribution in [0.1, 0.15) is 10.6 Å². The number of nitrogens with two attached hydrogens (primary N) is 1. The SMILES string of the molecule is Nc1ccc(CC(=O)OCCc2cccs2)nc1. The van der Waals surface area contributed by atoms with Crippen LogP contribution in [0.3, 0.4) is 0 Å². The number of aromatic nitrogens is 1. The fraction of sp³-hybridized carbons (Fsp3) is 0.231. The van der Waals surface area contributed by atoms with Crippen LogP contribution in [0.5, 0.6) is 0 Å². The Bertz CT molecular complexity index is 494. The molecule has 0 atom stereocenters. The second-order valence-electron chi connectivity index (χ2n) is 3.81. The van der Waals surface area contributed by atoms with E-state index in [4.69, 9.17) is 10.5 Å². The van der Waals surface area contributed by atoms with Gasteiger partial charge in [0.2, 0.25) is 0 Å². The molecular formula is C13H14N2O2S. The highest BCUT2D eigenvalue weighted by Crippen LogP contribution is 2.09. The Morgan fingerprint density at radius 3 is 2.94 bits per heavy atom. The number of pyridine rings is 1. The normalized spacial score (nSPS) is 10.2. The molecule has 2 heterocycles. The fourth-order valence-electron chi connectivity index (χ4n) is 1.46. The molecule has 0 bridgehead atoms. The van der Waals surface area contributed by atoms with Gasteiger partial charge in [0, 0.05) is 11.3 Å². The summed E-state index contributed by atoms with van der Waals surface area (Å²) in [6.07, 6.45) is 2.48. The molecule has 0 aliphatic rings. The highest BCUT2D eigenvalue weighted by molar-refractivity contribution is 7.09. The summed E-state index contributed by atoms with van der Waals surface area (Å²) in [5.41, 5.74) is 6.77. The number of anilines is 1. The van der Waals surface area contributed by atoms with Crippen LogP contribution in [-0.2, 0) is 22.4 Å². The first kappa shape index (κ1) is 12.6. The number of thiophene rings is 1. The number of esters is 1. The van der Waals surface area contributed by atoms with E-state index in [1.807, 2.05) is 17.5 Å². The van der Waals surface area contributed by atoms with Gasteiger partial charge >= 0.3 is 5.97 Å². The molecule has 4 nitrogen and oxygen atoms in total. The number of carbonyl (C=O) groups is 1. The first-order valence-corrected chi connectivity index (χ1v) is 6.50. The lowest BCUT2D eigenvalue weighted by Gasteiger charge is -2.03. The number of carbonyl (C=O) groups excluding carboxylic acids is 1. The summed E-state index contributed by atoms with van der Waals surface area (Å²) in [5, 5.41) is 2.01. The molecule has 0 unspecified atom stereocenters. The van der Waals surface area contributed by atoms with Crippen molar-refractivity contribution in [2.75, 3.05) is 12.3 Å². The van der Waals surface area contributed by atoms with E-state index in [0.717, 1.165) is 6.42 Å². The summed E-state index contributed by atoms with van der Waals surface area (Å²) in [7, 11) is 0. The fourth-order valence-corrected chi connectivity index (χ4v) is 2.15. The van der Waals surface area contributed by atoms with Crippen molar-refractivity contribution < 1.29 is 9.53 Å². The van der Waals surface area contributed by atoms with Gasteiger partial charge in [-0.1, -0.05) is 6.07 Å². The molecule has 0 spiro atoms. The van der Waals surface area contributed by atoms with E-state index >= 15 is 0 Å². The molecule has 2 aromatic rings. The maximum absolute atomic E-state index is 11.5. The van der Waals surface area contributed by atoms with Gasteiger partial charge in [-0.15, -0.1) is 11.3 Å². The van der Waals surface area contributed by atoms with E-state index in [1.165, 1.54) is 11.1 Å². The van der Waals surface area contributed by atoms with E-state index < -0.39 is 0 Å². The Hall–Kier alpha value is -1.88. The molecule has 0 amide bonds. The van der Waals surface area contributed by atoms with Crippen molar-refractivity contribution in [2.24, 2.45) is 0 Å². The van der Waals surface area contributed by atoms with Crippen LogP contribution in [0.2, 0.25) is 0 Å². The summed E-state index contributed by atoms with van der Waals surface area (Å²) < 4.78 is 5.15. The Morgan fingerprint density at radius 2 is 2.28 bits per heavy atom. The van der Waals surface area contributed by atoms with Crippen molar-refractivity contribution >= 4 is 23.0 Å². The number of hydrogen-bond donors (Lipinski definition) is 1. The summed E-state index contributed by atoms with van der Waals surface area (Å²) in [5.74, 6) is -0.260. The van der Waals surface area contributed by atoms with Crippen LogP contribution >= 0.6 is 11.3 Å². The lowest BCUT2D eigenvalue weighted by Crippen LogP contribution is -2.11. The lowest BCUT2D eigenvalue weighted by atomic mass is 10.2. The number of ether oxygens (including phenoxy) is 1. The molecule has 0 saturated carbocycles. The molecular weight excluding hydrogens is 248 g/mol. The first-order chi connectivity index (χ1) is 8.74. The Labute approximate surface area is 109 Å². The largest absolute Gasteiger partial charge is 0.465 e. The molecule has 2 rings (SSSR count). The first-order valence-electron chi connectivity index (χ1n) is 5.62. The Balaban J connectivity index is 1.73. The van der Waals surface area contributed by atoms with Crippen LogP contribution in [0, 0.1) is 0 Å². The summed E-state index contributed by atoms with van der Waals surface area (Å²) >= 11 is 1.66. The van der Waals surface area contributed by atoms with E-state index in [2.05, 4.69) is 4.98 Å². The molecule has 0 saturated heterocycles. The third-order valence-electron chi connectivity index (χ3n) is 2.36. The molecule has 0 fully saturated rings. The quantitative estimate of drug-likeness (QED) is 0.838. The third-order valence-corrected chi connectivity index (χ3v) is 3.30. The molecule has 18 heavy (non-hydrogen) atoms. The minimum Gasteiger partial charge on any atom is -0.465 e. The highest BCUT2D eigenvalue weighted by atomic mass is 32.1. The number of hydrogen-bond acceptors (Lipinski definition) is 5. The van der Waals surface area contributed by atoms with Gasteiger partial charge in [0.15, 0.2) is 0 Å². The third kappa shape index (κ3) is 3.85. The standard InChI is InChI=1S/C13H14N2O2S/c14-10-3-4-11(15-9-10)8-13(16)17-6-5-12-2-1-7-18-12/h1-4,7,9H,5-6,8,14H2. The average Bonchev–Trinajstić information content (AvgIpc) is 2.85. The molecule has 0 aliphatic heterocycles. The number of nitrogen functional groups attached to an aromatic ring is 1. The molecule has 5 heteroatoms. The molecule has 2 N–H and O–H groups in total. The van der Waals surface area contributed by atoms with Crippen LogP contribution in [-0.4, -0.2) is 17.6 Å². The minimum atomic E-state index is -0.260. The van der Waals surface area contributed by atoms with Crippen LogP contribution < -0.4 is 5.73 Å². The van der Waals surface area contributed by atoms with Crippen molar-refractivity contribution in [1.82, 2.24) is 4.98 Å². The van der Waals surface area contributed by atoms with E-state index in [-0.39, 0.29) is 12.4 Å². The van der Waals surface area contributed by atoms with Gasteiger partial charge in [-0.3, -0.25) is 9.78 Å². The van der Waals surface area contributed by atoms with Gasteiger partial charge in [-0.05, 0) is 23.6 Å². The maximum atomic E-state index is 11.5. The average molecular weight is 262 g/mol. The predicted octanol–water partition coefficient (Wildman–Crippen LogP) is 2.05. The molecule has 2 aromatic heterocycles. The Morgan fingerprint density at radius 1 is 1.39 bits per heavy atom. The summed E-state index contributed by atoms with van der Waals surface area (Å²) in [6.45, 7) is 0.411. The zero-order valence-corrected chi connectivity index (χ0v) is 10.7. The zero-order chi connectivity index (χ0) is 12.8. The van der Waals surface area contributed by atoms with E-state index in [0.29, 0.717) is 18.0 Å². The summed E-state index contributed by atoms with van der Waals surface area (Å²) in [4.78, 5) is 16.8. The minimum absolute atomic E-state index is 0.185. The van der Waals surface area contributed by atoms with Gasteiger partial charge in [-0.2, -0.15) is 0 Å². The molecule has 94 valence electrons. The zero-order valence-electron chi connectivity index (χ0n) is 9.83. The van der Waals surface area contributed by atoms with Gasteiger partial charge in [-0.25, -0.2) is 0 Å². The smallest absolute Gasteiger partial charge is 0.311 e. The van der Waals surface area contributed by atoms with Gasteiger partial charge < -0.3 is 10.5 Å². The van der Waals surface area contributed by atoms with Crippen molar-refractivity contribution in [3.05, 3.63) is 46.4 Å². The van der Waals surface area contributed by atoms with Gasteiger partial charge in [0.05, 0.1) is 30.6 Å². The summed E-state index contributed by atoms with van der Waals surface area (Å²) in [6, 6.07) is 7.47. The van der Waals surface area contributed by atoms with Crippen LogP contribution in [0.15, 0.2) is 35.8 Å². The number of nitrogens with zero attached hydrogens (tertiary/aromatic N) is 1. The van der Waals surface area contributed by atoms with Crippen LogP contribution in [0.25, 0.3) is 0 Å². The van der Waals surface area contributed by atoms with Gasteiger partial charge in [0.1, 0.15) is 0 Å². The van der Waals surface area contributed by atoms with Crippen molar-refractivity contribution in [1.29, 1.82) is 0 Å². The van der Waals surface area contributed by atoms with Crippen molar-refractivity contribution in [3.63, 3.8) is 0 Å². The van der Waals surface area contributed by atoms with E-state index in [9.17, 15) is 4.79 Å². The highest BCUT2D eigenvalue weighted by Gasteiger charge is 2.06. The van der Waals surface area contributed by atoms with E-state index in [1.54, 1.807) is 23.5 Å².